The van der Waals surface area contributed by atoms with Crippen molar-refractivity contribution >= 4 is 44.9 Å². The van der Waals surface area contributed by atoms with Crippen LogP contribution in [0.5, 0.6) is 0 Å². The lowest BCUT2D eigenvalue weighted by molar-refractivity contribution is 0.598. The van der Waals surface area contributed by atoms with Gasteiger partial charge >= 0.3 is 11.4 Å². The number of aromatic nitrogens is 3. The first-order chi connectivity index (χ1) is 12.8. The Labute approximate surface area is 171 Å². The number of sulfonamides is 1. The van der Waals surface area contributed by atoms with Crippen molar-refractivity contribution < 1.29 is 12.8 Å². The molecule has 1 heterocycles. The quantitative estimate of drug-likeness (QED) is 0.637. The molecule has 0 aliphatic heterocycles. The molecule has 0 N–H and O–H groups in total. The highest BCUT2D eigenvalue weighted by molar-refractivity contribution is 7.93. The van der Waals surface area contributed by atoms with Crippen LogP contribution in [0.4, 0.5) is 16.0 Å². The lowest BCUT2D eigenvalue weighted by Gasteiger charge is -2.18. The zero-order chi connectivity index (χ0) is 21.8. The van der Waals surface area contributed by atoms with Gasteiger partial charge in [0.25, 0.3) is 0 Å². The van der Waals surface area contributed by atoms with Gasteiger partial charge in [0.05, 0.1) is 10.7 Å². The first kappa shape index (κ1) is 23.9. The summed E-state index contributed by atoms with van der Waals surface area (Å²) in [7, 11) is 4.13. The summed E-state index contributed by atoms with van der Waals surface area (Å²) < 4.78 is 38.7. The fourth-order valence-corrected chi connectivity index (χ4v) is 3.38. The van der Waals surface area contributed by atoms with Gasteiger partial charge in [-0.05, 0) is 18.2 Å². The van der Waals surface area contributed by atoms with Crippen molar-refractivity contribution in [1.82, 2.24) is 14.1 Å². The van der Waals surface area contributed by atoms with Gasteiger partial charge in [-0.3, -0.25) is 8.87 Å². The highest BCUT2D eigenvalue weighted by Crippen LogP contribution is 2.27. The molecular formula is C15H20Cl2FN5O4S. The monoisotopic (exact) mass is 455 g/mol. The van der Waals surface area contributed by atoms with Crippen molar-refractivity contribution in [3.05, 3.63) is 50.0 Å². The van der Waals surface area contributed by atoms with E-state index < -0.39 is 26.7 Å². The van der Waals surface area contributed by atoms with E-state index in [-0.39, 0.29) is 16.4 Å². The first-order valence-electron chi connectivity index (χ1n) is 7.62. The lowest BCUT2D eigenvalue weighted by Crippen LogP contribution is -2.41. The van der Waals surface area contributed by atoms with Gasteiger partial charge in [-0.1, -0.05) is 11.6 Å². The normalized spacial score (nSPS) is 10.9. The minimum Gasteiger partial charge on any atom is -0.348 e. The third kappa shape index (κ3) is 5.46. The Morgan fingerprint density at radius 3 is 2.18 bits per heavy atom. The van der Waals surface area contributed by atoms with Crippen molar-refractivity contribution in [2.45, 2.75) is 0 Å². The van der Waals surface area contributed by atoms with Crippen molar-refractivity contribution in [1.29, 1.82) is 0 Å². The molecule has 0 aliphatic rings. The van der Waals surface area contributed by atoms with E-state index in [1.807, 2.05) is 0 Å². The van der Waals surface area contributed by atoms with E-state index in [1.54, 1.807) is 26.0 Å². The van der Waals surface area contributed by atoms with Gasteiger partial charge in [0.1, 0.15) is 11.0 Å². The number of hydrogen-bond acceptors (Lipinski definition) is 6. The number of rotatable bonds is 4. The summed E-state index contributed by atoms with van der Waals surface area (Å²) in [6, 6.07) is 3.44. The molecule has 1 aromatic carbocycles. The van der Waals surface area contributed by atoms with Crippen molar-refractivity contribution in [3.63, 3.8) is 0 Å². The second-order valence-corrected chi connectivity index (χ2v) is 8.77. The first-order valence-corrected chi connectivity index (χ1v) is 10.1. The zero-order valence-corrected chi connectivity index (χ0v) is 18.2. The highest BCUT2D eigenvalue weighted by atomic mass is 35.5. The molecule has 156 valence electrons. The second-order valence-electron chi connectivity index (χ2n) is 5.77. The highest BCUT2D eigenvalue weighted by Gasteiger charge is 2.19. The summed E-state index contributed by atoms with van der Waals surface area (Å²) in [5.74, 6) is -0.173. The minimum absolute atomic E-state index is 0.0196. The third-order valence-corrected chi connectivity index (χ3v) is 6.00. The van der Waals surface area contributed by atoms with E-state index in [1.165, 1.54) is 24.7 Å². The Morgan fingerprint density at radius 2 is 1.71 bits per heavy atom. The fraction of sp³-hybridized carbons (Fsp3) is 0.400. The molecule has 28 heavy (non-hydrogen) atoms. The summed E-state index contributed by atoms with van der Waals surface area (Å²) >= 11 is 11.0. The number of hydrogen-bond donors (Lipinski definition) is 0. The van der Waals surface area contributed by atoms with E-state index >= 15 is 0 Å². The molecule has 1 aromatic heterocycles. The lowest BCUT2D eigenvalue weighted by atomic mass is 10.3. The molecule has 0 aliphatic carbocycles. The molecule has 0 radical (unpaired) electrons. The van der Waals surface area contributed by atoms with Crippen LogP contribution in [0.2, 0.25) is 5.02 Å². The van der Waals surface area contributed by atoms with Crippen LogP contribution in [0.3, 0.4) is 0 Å². The summed E-state index contributed by atoms with van der Waals surface area (Å²) in [5, 5.41) is -0.539. The second kappa shape index (κ2) is 9.39. The number of benzene rings is 1. The molecular weight excluding hydrogens is 436 g/mol. The van der Waals surface area contributed by atoms with Crippen LogP contribution in [-0.2, 0) is 24.1 Å². The fourth-order valence-electron chi connectivity index (χ4n) is 1.99. The predicted octanol–water partition coefficient (Wildman–Crippen LogP) is 0.986. The molecule has 0 fully saturated rings. The molecule has 0 spiro atoms. The van der Waals surface area contributed by atoms with E-state index in [2.05, 4.69) is 4.98 Å². The van der Waals surface area contributed by atoms with Crippen LogP contribution in [0.25, 0.3) is 0 Å². The average Bonchev–Trinajstić information content (AvgIpc) is 2.62. The molecule has 2 rings (SSSR count). The van der Waals surface area contributed by atoms with Crippen LogP contribution < -0.4 is 20.6 Å². The van der Waals surface area contributed by atoms with Gasteiger partial charge in [-0.2, -0.15) is 4.98 Å². The van der Waals surface area contributed by atoms with Crippen LogP contribution in [-0.4, -0.2) is 48.9 Å². The average molecular weight is 456 g/mol. The smallest absolute Gasteiger partial charge is 0.348 e. The Kier molecular flexibility index (Phi) is 8.03. The Hall–Kier alpha value is -2.11. The van der Waals surface area contributed by atoms with Crippen molar-refractivity contribution in [3.8, 4) is 0 Å². The predicted molar refractivity (Wildman–Crippen MR) is 108 cm³/mol. The van der Waals surface area contributed by atoms with E-state index in [0.29, 0.717) is 5.95 Å². The number of anilines is 2. The van der Waals surface area contributed by atoms with Gasteiger partial charge in [-0.25, -0.2) is 27.0 Å². The van der Waals surface area contributed by atoms with E-state index in [9.17, 15) is 22.4 Å². The summed E-state index contributed by atoms with van der Waals surface area (Å²) in [5.41, 5.74) is -0.714. The number of alkyl halides is 1. The zero-order valence-electron chi connectivity index (χ0n) is 15.9. The molecule has 0 atom stereocenters. The van der Waals surface area contributed by atoms with Crippen LogP contribution in [0, 0.1) is 5.82 Å². The summed E-state index contributed by atoms with van der Waals surface area (Å²) in [6.45, 7) is 0. The Balaban J connectivity index is 0.000000283. The Morgan fingerprint density at radius 1 is 1.14 bits per heavy atom. The van der Waals surface area contributed by atoms with Gasteiger partial charge in [0, 0.05) is 35.2 Å². The molecule has 0 saturated heterocycles. The van der Waals surface area contributed by atoms with Crippen molar-refractivity contribution in [2.24, 2.45) is 14.1 Å². The number of halogens is 3. The van der Waals surface area contributed by atoms with Crippen LogP contribution >= 0.6 is 23.2 Å². The molecule has 0 amide bonds. The summed E-state index contributed by atoms with van der Waals surface area (Å²) in [4.78, 5) is 27.8. The minimum atomic E-state index is -3.59. The molecule has 0 unspecified atom stereocenters. The van der Waals surface area contributed by atoms with Gasteiger partial charge in [0.2, 0.25) is 16.0 Å². The van der Waals surface area contributed by atoms with Crippen LogP contribution in [0.1, 0.15) is 0 Å². The maximum absolute atomic E-state index is 12.7. The Bertz CT molecular complexity index is 1070. The topological polar surface area (TPSA) is 97.5 Å². The summed E-state index contributed by atoms with van der Waals surface area (Å²) in [6.07, 6.45) is 0. The molecule has 13 heteroatoms. The SMILES string of the molecule is CN(C)c1nc(=O)n(C)c(=O)n1C.CN(c1ccc(F)cc1Cl)S(=O)(=O)CCl. The molecule has 2 aromatic rings. The molecule has 9 nitrogen and oxygen atoms in total. The maximum atomic E-state index is 12.7. The van der Waals surface area contributed by atoms with Crippen molar-refractivity contribution in [2.75, 3.05) is 35.6 Å². The van der Waals surface area contributed by atoms with E-state index in [4.69, 9.17) is 23.2 Å². The number of nitrogens with zero attached hydrogens (tertiary/aromatic N) is 5. The van der Waals surface area contributed by atoms with Gasteiger partial charge < -0.3 is 4.90 Å². The van der Waals surface area contributed by atoms with Crippen LogP contribution in [0.15, 0.2) is 27.8 Å². The van der Waals surface area contributed by atoms with E-state index in [0.717, 1.165) is 21.0 Å². The standard InChI is InChI=1S/C8H8Cl2FNO2S.C7H12N4O2/c1-12(15(13,14)5-9)8-3-2-6(11)4-7(8)10;1-9(2)5-8-6(12)11(4)7(13)10(5)3/h2-4H,5H2,1H3;1-4H3. The molecule has 0 saturated carbocycles. The maximum Gasteiger partial charge on any atom is 0.354 e. The largest absolute Gasteiger partial charge is 0.354 e. The molecule has 0 bridgehead atoms. The van der Waals surface area contributed by atoms with Gasteiger partial charge in [0.15, 0.2) is 0 Å². The van der Waals surface area contributed by atoms with Gasteiger partial charge in [-0.15, -0.1) is 11.6 Å². The third-order valence-electron chi connectivity index (χ3n) is 3.56.